The number of ether oxygens (including phenoxy) is 2. The molecule has 0 bridgehead atoms. The normalized spacial score (nSPS) is 22.4. The third-order valence-electron chi connectivity index (χ3n) is 8.46. The summed E-state index contributed by atoms with van der Waals surface area (Å²) < 4.78 is 11.0. The Morgan fingerprint density at radius 1 is 1.07 bits per heavy atom. The number of rotatable bonds is 15. The first-order chi connectivity index (χ1) is 19.3. The first-order valence-electron chi connectivity index (χ1n) is 14.8. The van der Waals surface area contributed by atoms with Crippen molar-refractivity contribution < 1.29 is 29.0 Å². The lowest BCUT2D eigenvalue weighted by Crippen LogP contribution is -2.45. The minimum atomic E-state index is -0.853. The number of aliphatic carboxylic acids is 1. The molecule has 2 amide bonds. The number of nitrogens with zero attached hydrogens (tertiary/aromatic N) is 4. The standard InChI is InChI=1S/C30H46N4O6/c1-4-5-14-33(17-8-13-31(2)3)28(36)20-34-19-23(22-11-12-25-26(18-22)40-21-39-25)29(30(37)38)24(34)9-6-15-32-16-7-10-27(32)35/h11-12,18,23-24,29H,4-10,13-17,19-21H2,1-3H3,(H,37,38)/t23-,24+,29?/m1/s1. The van der Waals surface area contributed by atoms with E-state index in [-0.39, 0.29) is 37.1 Å². The van der Waals surface area contributed by atoms with E-state index in [0.29, 0.717) is 56.9 Å². The van der Waals surface area contributed by atoms with Crippen molar-refractivity contribution in [1.82, 2.24) is 19.6 Å². The number of amides is 2. The van der Waals surface area contributed by atoms with Crippen LogP contribution in [-0.2, 0) is 14.4 Å². The second kappa shape index (κ2) is 14.2. The molecule has 2 fully saturated rings. The predicted molar refractivity (Wildman–Crippen MR) is 151 cm³/mol. The maximum absolute atomic E-state index is 13.7. The van der Waals surface area contributed by atoms with Crippen LogP contribution in [-0.4, -0.2) is 115 Å². The van der Waals surface area contributed by atoms with Gasteiger partial charge in [-0.15, -0.1) is 0 Å². The highest BCUT2D eigenvalue weighted by molar-refractivity contribution is 5.79. The van der Waals surface area contributed by atoms with E-state index in [1.165, 1.54) is 0 Å². The number of hydrogen-bond acceptors (Lipinski definition) is 7. The van der Waals surface area contributed by atoms with Crippen molar-refractivity contribution in [3.8, 4) is 11.5 Å². The Morgan fingerprint density at radius 2 is 1.85 bits per heavy atom. The molecule has 40 heavy (non-hydrogen) atoms. The highest BCUT2D eigenvalue weighted by atomic mass is 16.7. The van der Waals surface area contributed by atoms with E-state index in [2.05, 4.69) is 16.7 Å². The average Bonchev–Trinajstić information content (AvgIpc) is 3.64. The summed E-state index contributed by atoms with van der Waals surface area (Å²) in [6.07, 6.45) is 5.65. The number of benzene rings is 1. The molecule has 0 saturated carbocycles. The zero-order chi connectivity index (χ0) is 28.6. The van der Waals surface area contributed by atoms with Crippen LogP contribution in [0.3, 0.4) is 0 Å². The van der Waals surface area contributed by atoms with Gasteiger partial charge >= 0.3 is 5.97 Å². The first-order valence-corrected chi connectivity index (χ1v) is 14.8. The fourth-order valence-electron chi connectivity index (χ4n) is 6.33. The summed E-state index contributed by atoms with van der Waals surface area (Å²) >= 11 is 0. The quantitative estimate of drug-likeness (QED) is 0.351. The van der Waals surface area contributed by atoms with Crippen LogP contribution in [0.25, 0.3) is 0 Å². The van der Waals surface area contributed by atoms with Crippen LogP contribution in [0.4, 0.5) is 0 Å². The van der Waals surface area contributed by atoms with Gasteiger partial charge in [-0.3, -0.25) is 19.3 Å². The van der Waals surface area contributed by atoms with E-state index in [9.17, 15) is 19.5 Å². The third-order valence-corrected chi connectivity index (χ3v) is 8.46. The Kier molecular flexibility index (Phi) is 10.7. The van der Waals surface area contributed by atoms with Crippen molar-refractivity contribution in [3.05, 3.63) is 23.8 Å². The number of fused-ring (bicyclic) bond motifs is 1. The van der Waals surface area contributed by atoms with Crippen molar-refractivity contribution in [3.63, 3.8) is 0 Å². The maximum atomic E-state index is 13.7. The molecule has 0 radical (unpaired) electrons. The molecule has 0 spiro atoms. The van der Waals surface area contributed by atoms with Crippen LogP contribution in [0.5, 0.6) is 11.5 Å². The number of carbonyl (C=O) groups excluding carboxylic acids is 2. The fourth-order valence-corrected chi connectivity index (χ4v) is 6.33. The lowest BCUT2D eigenvalue weighted by Gasteiger charge is -2.30. The molecule has 0 aliphatic carbocycles. The highest BCUT2D eigenvalue weighted by Gasteiger charge is 2.47. The predicted octanol–water partition coefficient (Wildman–Crippen LogP) is 2.87. The van der Waals surface area contributed by atoms with Crippen LogP contribution in [0.15, 0.2) is 18.2 Å². The Hall–Kier alpha value is -2.85. The number of unbranched alkanes of at least 4 members (excludes halogenated alkanes) is 1. The van der Waals surface area contributed by atoms with Crippen molar-refractivity contribution in [2.45, 2.75) is 63.8 Å². The van der Waals surface area contributed by atoms with Gasteiger partial charge in [0.2, 0.25) is 18.6 Å². The van der Waals surface area contributed by atoms with E-state index in [0.717, 1.165) is 44.3 Å². The molecule has 3 aliphatic rings. The van der Waals surface area contributed by atoms with Gasteiger partial charge in [0.25, 0.3) is 0 Å². The van der Waals surface area contributed by atoms with Gasteiger partial charge in [0.1, 0.15) is 0 Å². The van der Waals surface area contributed by atoms with Crippen LogP contribution in [0.1, 0.15) is 63.4 Å². The van der Waals surface area contributed by atoms with Gasteiger partial charge in [0.05, 0.1) is 12.5 Å². The summed E-state index contributed by atoms with van der Waals surface area (Å²) in [5, 5.41) is 10.5. The Balaban J connectivity index is 1.52. The topological polar surface area (TPSA) is 103 Å². The number of carboxylic acid groups (broad SMARTS) is 1. The summed E-state index contributed by atoms with van der Waals surface area (Å²) in [5.41, 5.74) is 0.889. The largest absolute Gasteiger partial charge is 0.481 e. The molecular weight excluding hydrogens is 512 g/mol. The molecule has 222 valence electrons. The molecule has 1 aromatic rings. The van der Waals surface area contributed by atoms with Gasteiger partial charge in [-0.1, -0.05) is 19.4 Å². The Bertz CT molecular complexity index is 1030. The van der Waals surface area contributed by atoms with Crippen LogP contribution in [0.2, 0.25) is 0 Å². The van der Waals surface area contributed by atoms with Crippen molar-refractivity contribution >= 4 is 17.8 Å². The van der Waals surface area contributed by atoms with Crippen molar-refractivity contribution in [2.75, 3.05) is 66.7 Å². The molecule has 1 unspecified atom stereocenters. The molecule has 10 heteroatoms. The minimum absolute atomic E-state index is 0.0578. The fraction of sp³-hybridized carbons (Fsp3) is 0.700. The van der Waals surface area contributed by atoms with Crippen LogP contribution in [0, 0.1) is 5.92 Å². The molecule has 1 N–H and O–H groups in total. The second-order valence-electron chi connectivity index (χ2n) is 11.6. The molecule has 3 atom stereocenters. The van der Waals surface area contributed by atoms with Gasteiger partial charge in [0, 0.05) is 51.1 Å². The molecule has 3 aliphatic heterocycles. The number of carboxylic acids is 1. The smallest absolute Gasteiger partial charge is 0.308 e. The Morgan fingerprint density at radius 3 is 2.55 bits per heavy atom. The molecule has 2 saturated heterocycles. The molecule has 0 aromatic heterocycles. The molecule has 1 aromatic carbocycles. The number of hydrogen-bond donors (Lipinski definition) is 1. The zero-order valence-electron chi connectivity index (χ0n) is 24.3. The van der Waals surface area contributed by atoms with Gasteiger partial charge < -0.3 is 29.3 Å². The summed E-state index contributed by atoms with van der Waals surface area (Å²) in [7, 11) is 4.07. The van der Waals surface area contributed by atoms with E-state index < -0.39 is 11.9 Å². The number of carbonyl (C=O) groups is 3. The molecule has 3 heterocycles. The van der Waals surface area contributed by atoms with Crippen LogP contribution >= 0.6 is 0 Å². The summed E-state index contributed by atoms with van der Waals surface area (Å²) in [5.74, 6) is -0.271. The van der Waals surface area contributed by atoms with Crippen LogP contribution < -0.4 is 9.47 Å². The van der Waals surface area contributed by atoms with Gasteiger partial charge in [-0.2, -0.15) is 0 Å². The lowest BCUT2D eigenvalue weighted by atomic mass is 9.83. The summed E-state index contributed by atoms with van der Waals surface area (Å²) in [6.45, 7) is 6.68. The molecule has 10 nitrogen and oxygen atoms in total. The van der Waals surface area contributed by atoms with E-state index in [1.807, 2.05) is 42.1 Å². The van der Waals surface area contributed by atoms with E-state index >= 15 is 0 Å². The monoisotopic (exact) mass is 558 g/mol. The van der Waals surface area contributed by atoms with Gasteiger partial charge in [-0.25, -0.2) is 0 Å². The minimum Gasteiger partial charge on any atom is -0.481 e. The SMILES string of the molecule is CCCCN(CCCN(C)C)C(=O)CN1C[C@H](c2ccc3c(c2)OCO3)C(C(=O)O)[C@@H]1CCCN1CCCC1=O. The lowest BCUT2D eigenvalue weighted by molar-refractivity contribution is -0.144. The third kappa shape index (κ3) is 7.46. The second-order valence-corrected chi connectivity index (χ2v) is 11.6. The van der Waals surface area contributed by atoms with E-state index in [4.69, 9.17) is 9.47 Å². The van der Waals surface area contributed by atoms with Gasteiger partial charge in [-0.05, 0) is 70.4 Å². The summed E-state index contributed by atoms with van der Waals surface area (Å²) in [4.78, 5) is 46.6. The highest BCUT2D eigenvalue weighted by Crippen LogP contribution is 2.43. The molecule has 4 rings (SSSR count). The van der Waals surface area contributed by atoms with Gasteiger partial charge in [0.15, 0.2) is 11.5 Å². The van der Waals surface area contributed by atoms with Crippen molar-refractivity contribution in [2.24, 2.45) is 5.92 Å². The zero-order valence-corrected chi connectivity index (χ0v) is 24.3. The Labute approximate surface area is 238 Å². The summed E-state index contributed by atoms with van der Waals surface area (Å²) in [6, 6.07) is 5.36. The molecular formula is C30H46N4O6. The first kappa shape index (κ1) is 30.1. The average molecular weight is 559 g/mol. The van der Waals surface area contributed by atoms with Crippen molar-refractivity contribution in [1.29, 1.82) is 0 Å². The maximum Gasteiger partial charge on any atom is 0.308 e. The van der Waals surface area contributed by atoms with E-state index in [1.54, 1.807) is 0 Å². The number of likely N-dealkylation sites (tertiary alicyclic amines) is 2.